The molecule has 0 aliphatic heterocycles. The molecule has 2 amide bonds. The Hall–Kier alpha value is -2.62. The first-order valence-electron chi connectivity index (χ1n) is 8.30. The summed E-state index contributed by atoms with van der Waals surface area (Å²) in [5.41, 5.74) is 1.17. The van der Waals surface area contributed by atoms with E-state index in [-0.39, 0.29) is 17.9 Å². The molecule has 1 aliphatic carbocycles. The summed E-state index contributed by atoms with van der Waals surface area (Å²) in [4.78, 5) is 25.1. The normalized spacial score (nSPS) is 16.0. The van der Waals surface area contributed by atoms with Crippen molar-refractivity contribution in [2.75, 3.05) is 0 Å². The van der Waals surface area contributed by atoms with Crippen LogP contribution in [0.15, 0.2) is 60.7 Å². The van der Waals surface area contributed by atoms with Crippen LogP contribution in [0.25, 0.3) is 0 Å². The zero-order valence-electron chi connectivity index (χ0n) is 13.8. The molecular formula is C20H22N2O2. The Labute approximate surface area is 142 Å². The molecule has 1 aliphatic rings. The predicted molar refractivity (Wildman–Crippen MR) is 93.0 cm³/mol. The van der Waals surface area contributed by atoms with Crippen LogP contribution >= 0.6 is 0 Å². The van der Waals surface area contributed by atoms with Crippen molar-refractivity contribution in [3.8, 4) is 0 Å². The number of rotatable bonds is 6. The molecule has 124 valence electrons. The van der Waals surface area contributed by atoms with Crippen molar-refractivity contribution in [3.05, 3.63) is 71.8 Å². The summed E-state index contributed by atoms with van der Waals surface area (Å²) >= 11 is 0. The molecule has 4 heteroatoms. The molecule has 2 aromatic carbocycles. The number of amides is 2. The lowest BCUT2D eigenvalue weighted by Crippen LogP contribution is -2.43. The fourth-order valence-corrected chi connectivity index (χ4v) is 2.79. The highest BCUT2D eigenvalue weighted by atomic mass is 16.2. The fraction of sp³-hybridized carbons (Fsp3) is 0.300. The third-order valence-corrected chi connectivity index (χ3v) is 4.56. The number of benzene rings is 2. The van der Waals surface area contributed by atoms with Gasteiger partial charge in [-0.2, -0.15) is 0 Å². The smallest absolute Gasteiger partial charge is 0.236 e. The van der Waals surface area contributed by atoms with Crippen molar-refractivity contribution in [1.29, 1.82) is 0 Å². The van der Waals surface area contributed by atoms with Crippen molar-refractivity contribution >= 4 is 11.8 Å². The van der Waals surface area contributed by atoms with Crippen LogP contribution in [0.2, 0.25) is 0 Å². The van der Waals surface area contributed by atoms with Crippen LogP contribution in [0.3, 0.4) is 0 Å². The average molecular weight is 322 g/mol. The topological polar surface area (TPSA) is 58.2 Å². The number of carbonyl (C=O) groups excluding carboxylic acids is 2. The lowest BCUT2D eigenvalue weighted by atomic mass is 10.0. The van der Waals surface area contributed by atoms with Crippen molar-refractivity contribution in [2.45, 2.75) is 32.4 Å². The van der Waals surface area contributed by atoms with E-state index in [0.717, 1.165) is 11.1 Å². The number of hydrogen-bond acceptors (Lipinski definition) is 2. The first kappa shape index (κ1) is 16.2. The maximum atomic E-state index is 12.6. The monoisotopic (exact) mass is 322 g/mol. The largest absolute Gasteiger partial charge is 0.351 e. The first-order valence-corrected chi connectivity index (χ1v) is 8.30. The standard InChI is InChI=1S/C20H22N2O2/c1-15(17-10-6-3-7-11-17)22-19(24)20(12-13-20)18(23)21-14-16-8-4-2-5-9-16/h2-11,15H,12-14H2,1H3,(H,21,23)(H,22,24). The Balaban J connectivity index is 1.58. The van der Waals surface area contributed by atoms with E-state index in [4.69, 9.17) is 0 Å². The Morgan fingerprint density at radius 1 is 0.958 bits per heavy atom. The predicted octanol–water partition coefficient (Wildman–Crippen LogP) is 2.96. The lowest BCUT2D eigenvalue weighted by Gasteiger charge is -2.19. The minimum atomic E-state index is -0.891. The van der Waals surface area contributed by atoms with Gasteiger partial charge in [0.25, 0.3) is 0 Å². The third-order valence-electron chi connectivity index (χ3n) is 4.56. The van der Waals surface area contributed by atoms with E-state index < -0.39 is 5.41 Å². The van der Waals surface area contributed by atoms with Gasteiger partial charge in [-0.25, -0.2) is 0 Å². The summed E-state index contributed by atoms with van der Waals surface area (Å²) < 4.78 is 0. The van der Waals surface area contributed by atoms with Gasteiger partial charge in [0.05, 0.1) is 6.04 Å². The summed E-state index contributed by atoms with van der Waals surface area (Å²) in [6.07, 6.45) is 1.22. The first-order chi connectivity index (χ1) is 11.6. The highest BCUT2D eigenvalue weighted by Crippen LogP contribution is 2.46. The number of carbonyl (C=O) groups is 2. The third kappa shape index (κ3) is 3.48. The van der Waals surface area contributed by atoms with Crippen molar-refractivity contribution < 1.29 is 9.59 Å². The van der Waals surface area contributed by atoms with E-state index >= 15 is 0 Å². The molecule has 1 atom stereocenters. The molecule has 0 saturated heterocycles. The maximum absolute atomic E-state index is 12.6. The molecule has 1 unspecified atom stereocenters. The van der Waals surface area contributed by atoms with Crippen LogP contribution in [0.5, 0.6) is 0 Å². The molecule has 1 fully saturated rings. The Morgan fingerprint density at radius 2 is 1.54 bits per heavy atom. The molecule has 0 aromatic heterocycles. The van der Waals surface area contributed by atoms with Crippen LogP contribution in [0.4, 0.5) is 0 Å². The van der Waals surface area contributed by atoms with E-state index in [1.54, 1.807) is 0 Å². The lowest BCUT2D eigenvalue weighted by molar-refractivity contribution is -0.137. The Kier molecular flexibility index (Phi) is 4.65. The molecule has 2 aromatic rings. The second-order valence-corrected chi connectivity index (χ2v) is 6.36. The maximum Gasteiger partial charge on any atom is 0.236 e. The van der Waals surface area contributed by atoms with Gasteiger partial charge in [0, 0.05) is 6.54 Å². The molecule has 3 rings (SSSR count). The average Bonchev–Trinajstić information content (AvgIpc) is 3.43. The van der Waals surface area contributed by atoms with Gasteiger partial charge in [-0.05, 0) is 30.9 Å². The Morgan fingerprint density at radius 3 is 2.12 bits per heavy atom. The summed E-state index contributed by atoms with van der Waals surface area (Å²) in [7, 11) is 0. The molecular weight excluding hydrogens is 300 g/mol. The summed E-state index contributed by atoms with van der Waals surface area (Å²) in [5, 5.41) is 5.87. The molecule has 0 radical (unpaired) electrons. The SMILES string of the molecule is CC(NC(=O)C1(C(=O)NCc2ccccc2)CC1)c1ccccc1. The van der Waals surface area contributed by atoms with Gasteiger partial charge >= 0.3 is 0 Å². The molecule has 1 saturated carbocycles. The summed E-state index contributed by atoms with van der Waals surface area (Å²) in [5.74, 6) is -0.353. The Bertz CT molecular complexity index is 709. The summed E-state index contributed by atoms with van der Waals surface area (Å²) in [6, 6.07) is 19.4. The molecule has 2 N–H and O–H groups in total. The molecule has 4 nitrogen and oxygen atoms in total. The molecule has 0 heterocycles. The van der Waals surface area contributed by atoms with E-state index in [1.165, 1.54) is 0 Å². The molecule has 0 bridgehead atoms. The second kappa shape index (κ2) is 6.87. The highest BCUT2D eigenvalue weighted by Gasteiger charge is 2.56. The minimum absolute atomic E-state index is 0.113. The van der Waals surface area contributed by atoms with Gasteiger partial charge in [0.2, 0.25) is 11.8 Å². The van der Waals surface area contributed by atoms with Crippen molar-refractivity contribution in [1.82, 2.24) is 10.6 Å². The quantitative estimate of drug-likeness (QED) is 0.803. The van der Waals surface area contributed by atoms with Crippen LogP contribution in [-0.2, 0) is 16.1 Å². The van der Waals surface area contributed by atoms with Crippen LogP contribution in [-0.4, -0.2) is 11.8 Å². The zero-order valence-corrected chi connectivity index (χ0v) is 13.8. The zero-order chi connectivity index (χ0) is 17.0. The van der Waals surface area contributed by atoms with E-state index in [2.05, 4.69) is 10.6 Å². The van der Waals surface area contributed by atoms with Gasteiger partial charge in [0.15, 0.2) is 0 Å². The second-order valence-electron chi connectivity index (χ2n) is 6.36. The van der Waals surface area contributed by atoms with Gasteiger partial charge in [-0.15, -0.1) is 0 Å². The van der Waals surface area contributed by atoms with Crippen LogP contribution in [0, 0.1) is 5.41 Å². The number of nitrogens with one attached hydrogen (secondary N) is 2. The number of hydrogen-bond donors (Lipinski definition) is 2. The van der Waals surface area contributed by atoms with Gasteiger partial charge in [-0.3, -0.25) is 9.59 Å². The van der Waals surface area contributed by atoms with E-state index in [0.29, 0.717) is 19.4 Å². The van der Waals surface area contributed by atoms with Crippen LogP contribution < -0.4 is 10.6 Å². The van der Waals surface area contributed by atoms with Crippen molar-refractivity contribution in [3.63, 3.8) is 0 Å². The van der Waals surface area contributed by atoms with E-state index in [9.17, 15) is 9.59 Å². The minimum Gasteiger partial charge on any atom is -0.351 e. The van der Waals surface area contributed by atoms with Gasteiger partial charge in [0.1, 0.15) is 5.41 Å². The molecule has 0 spiro atoms. The van der Waals surface area contributed by atoms with Gasteiger partial charge < -0.3 is 10.6 Å². The molecule has 24 heavy (non-hydrogen) atoms. The van der Waals surface area contributed by atoms with Gasteiger partial charge in [-0.1, -0.05) is 60.7 Å². The van der Waals surface area contributed by atoms with Crippen LogP contribution in [0.1, 0.15) is 36.9 Å². The van der Waals surface area contributed by atoms with Crippen molar-refractivity contribution in [2.24, 2.45) is 5.41 Å². The highest BCUT2D eigenvalue weighted by molar-refractivity contribution is 6.07. The summed E-state index contributed by atoms with van der Waals surface area (Å²) in [6.45, 7) is 2.38. The fourth-order valence-electron chi connectivity index (χ4n) is 2.79. The van der Waals surface area contributed by atoms with E-state index in [1.807, 2.05) is 67.6 Å².